The molecule has 0 aromatic heterocycles. The summed E-state index contributed by atoms with van der Waals surface area (Å²) >= 11 is 2.03. The predicted octanol–water partition coefficient (Wildman–Crippen LogP) is 3.21. The van der Waals surface area contributed by atoms with E-state index in [0.29, 0.717) is 6.54 Å². The Bertz CT molecular complexity index is 657. The molecule has 0 unspecified atom stereocenters. The number of benzene rings is 1. The highest BCUT2D eigenvalue weighted by atomic mass is 127. The molecule has 2 aliphatic heterocycles. The number of rotatable bonds is 5. The third-order valence-electron chi connectivity index (χ3n) is 5.39. The van der Waals surface area contributed by atoms with Crippen molar-refractivity contribution >= 4 is 53.4 Å². The van der Waals surface area contributed by atoms with E-state index in [4.69, 9.17) is 9.73 Å². The molecule has 0 saturated carbocycles. The van der Waals surface area contributed by atoms with Crippen molar-refractivity contribution in [2.75, 3.05) is 56.2 Å². The first-order valence-corrected chi connectivity index (χ1v) is 11.4. The molecular formula is C21H33IN4O2S. The van der Waals surface area contributed by atoms with Gasteiger partial charge in [0.25, 0.3) is 0 Å². The number of nitrogens with one attached hydrogen (secondary N) is 1. The zero-order valence-corrected chi connectivity index (χ0v) is 20.6. The summed E-state index contributed by atoms with van der Waals surface area (Å²) in [7, 11) is 1.47. The van der Waals surface area contributed by atoms with E-state index in [1.54, 1.807) is 0 Å². The lowest BCUT2D eigenvalue weighted by atomic mass is 9.97. The Kier molecular flexibility index (Phi) is 10.4. The number of esters is 1. The molecule has 0 atom stereocenters. The quantitative estimate of drug-likeness (QED) is 0.272. The van der Waals surface area contributed by atoms with Gasteiger partial charge in [0.1, 0.15) is 0 Å². The molecule has 6 nitrogen and oxygen atoms in total. The standard InChI is InChI=1S/C21H32N4O2S.HI/c1-3-22-21(25-10-8-18(9-11-25)20(26)27-2)23-16-17-4-6-19(7-5-17)24-12-14-28-15-13-24;/h4-7,18H,3,8-16H2,1-2H3,(H,22,23);1H. The third kappa shape index (κ3) is 6.94. The van der Waals surface area contributed by atoms with Crippen molar-refractivity contribution in [3.05, 3.63) is 29.8 Å². The van der Waals surface area contributed by atoms with Gasteiger partial charge in [0.15, 0.2) is 5.96 Å². The van der Waals surface area contributed by atoms with Crippen LogP contribution in [0, 0.1) is 5.92 Å². The maximum atomic E-state index is 11.7. The van der Waals surface area contributed by atoms with E-state index in [-0.39, 0.29) is 35.9 Å². The van der Waals surface area contributed by atoms with Crippen molar-refractivity contribution in [3.8, 4) is 0 Å². The Morgan fingerprint density at radius 3 is 2.41 bits per heavy atom. The fraction of sp³-hybridized carbons (Fsp3) is 0.619. The number of thioether (sulfide) groups is 1. The number of ether oxygens (including phenoxy) is 1. The van der Waals surface area contributed by atoms with Gasteiger partial charge in [0.05, 0.1) is 19.6 Å². The van der Waals surface area contributed by atoms with E-state index in [2.05, 4.69) is 46.3 Å². The van der Waals surface area contributed by atoms with Crippen LogP contribution in [0.3, 0.4) is 0 Å². The van der Waals surface area contributed by atoms with E-state index in [1.165, 1.54) is 29.9 Å². The number of nitrogens with zero attached hydrogens (tertiary/aromatic N) is 3. The molecule has 0 radical (unpaired) electrons. The van der Waals surface area contributed by atoms with Crippen molar-refractivity contribution in [2.24, 2.45) is 10.9 Å². The van der Waals surface area contributed by atoms with Crippen LogP contribution >= 0.6 is 35.7 Å². The average molecular weight is 532 g/mol. The largest absolute Gasteiger partial charge is 0.469 e. The molecule has 1 N–H and O–H groups in total. The molecule has 8 heteroatoms. The minimum Gasteiger partial charge on any atom is -0.469 e. The summed E-state index contributed by atoms with van der Waals surface area (Å²) in [6.45, 7) is 7.51. The number of halogens is 1. The van der Waals surface area contributed by atoms with E-state index in [1.807, 2.05) is 11.8 Å². The lowest BCUT2D eigenvalue weighted by Crippen LogP contribution is -2.46. The van der Waals surface area contributed by atoms with Gasteiger partial charge in [-0.15, -0.1) is 24.0 Å². The van der Waals surface area contributed by atoms with Crippen LogP contribution in [0.1, 0.15) is 25.3 Å². The van der Waals surface area contributed by atoms with Crippen LogP contribution in [0.4, 0.5) is 5.69 Å². The number of hydrogen-bond donors (Lipinski definition) is 1. The molecule has 3 rings (SSSR count). The Labute approximate surface area is 195 Å². The van der Waals surface area contributed by atoms with Crippen molar-refractivity contribution in [1.29, 1.82) is 0 Å². The minimum absolute atomic E-state index is 0. The highest BCUT2D eigenvalue weighted by Gasteiger charge is 2.26. The van der Waals surface area contributed by atoms with Crippen LogP contribution in [0.5, 0.6) is 0 Å². The Morgan fingerprint density at radius 1 is 1.17 bits per heavy atom. The Morgan fingerprint density at radius 2 is 1.83 bits per heavy atom. The summed E-state index contributed by atoms with van der Waals surface area (Å²) < 4.78 is 4.88. The molecule has 1 aromatic rings. The summed E-state index contributed by atoms with van der Waals surface area (Å²) in [4.78, 5) is 21.3. The van der Waals surface area contributed by atoms with Crippen LogP contribution in [0.25, 0.3) is 0 Å². The summed E-state index contributed by atoms with van der Waals surface area (Å²) in [5.74, 6) is 3.29. The van der Waals surface area contributed by atoms with Crippen molar-refractivity contribution < 1.29 is 9.53 Å². The molecular weight excluding hydrogens is 499 g/mol. The van der Waals surface area contributed by atoms with Gasteiger partial charge < -0.3 is 19.9 Å². The van der Waals surface area contributed by atoms with E-state index < -0.39 is 0 Å². The number of likely N-dealkylation sites (tertiary alicyclic amines) is 1. The number of anilines is 1. The molecule has 162 valence electrons. The number of methoxy groups -OCH3 is 1. The molecule has 1 aromatic carbocycles. The molecule has 2 heterocycles. The van der Waals surface area contributed by atoms with Crippen LogP contribution in [0.2, 0.25) is 0 Å². The molecule has 0 spiro atoms. The van der Waals surface area contributed by atoms with Gasteiger partial charge in [-0.1, -0.05) is 12.1 Å². The fourth-order valence-electron chi connectivity index (χ4n) is 3.72. The first-order chi connectivity index (χ1) is 13.7. The molecule has 2 fully saturated rings. The maximum absolute atomic E-state index is 11.7. The summed E-state index contributed by atoms with van der Waals surface area (Å²) in [5, 5.41) is 3.39. The molecule has 0 bridgehead atoms. The van der Waals surface area contributed by atoms with Crippen molar-refractivity contribution in [2.45, 2.75) is 26.3 Å². The number of guanidine groups is 1. The molecule has 29 heavy (non-hydrogen) atoms. The zero-order valence-electron chi connectivity index (χ0n) is 17.4. The first-order valence-electron chi connectivity index (χ1n) is 10.2. The normalized spacial score (nSPS) is 18.2. The Hall–Kier alpha value is -1.16. The fourth-order valence-corrected chi connectivity index (χ4v) is 4.62. The van der Waals surface area contributed by atoms with E-state index in [0.717, 1.165) is 51.5 Å². The predicted molar refractivity (Wildman–Crippen MR) is 133 cm³/mol. The van der Waals surface area contributed by atoms with Crippen molar-refractivity contribution in [1.82, 2.24) is 10.2 Å². The number of aliphatic imine (C=N–C) groups is 1. The SMILES string of the molecule is CCNC(=NCc1ccc(N2CCSCC2)cc1)N1CCC(C(=O)OC)CC1.I. The number of carbonyl (C=O) groups is 1. The van der Waals surface area contributed by atoms with Crippen molar-refractivity contribution in [3.63, 3.8) is 0 Å². The van der Waals surface area contributed by atoms with Crippen LogP contribution in [-0.4, -0.2) is 68.2 Å². The summed E-state index contributed by atoms with van der Waals surface area (Å²) in [6, 6.07) is 8.81. The minimum atomic E-state index is -0.0889. The van der Waals surface area contributed by atoms with Gasteiger partial charge in [-0.25, -0.2) is 4.99 Å². The number of carbonyl (C=O) groups excluding carboxylic acids is 1. The number of piperidine rings is 1. The van der Waals surface area contributed by atoms with Gasteiger partial charge in [-0.2, -0.15) is 11.8 Å². The second-order valence-electron chi connectivity index (χ2n) is 7.22. The van der Waals surface area contributed by atoms with Gasteiger partial charge in [-0.3, -0.25) is 4.79 Å². The van der Waals surface area contributed by atoms with E-state index in [9.17, 15) is 4.79 Å². The summed E-state index contributed by atoms with van der Waals surface area (Å²) in [6.07, 6.45) is 1.64. The smallest absolute Gasteiger partial charge is 0.308 e. The summed E-state index contributed by atoms with van der Waals surface area (Å²) in [5.41, 5.74) is 2.53. The average Bonchev–Trinajstić information content (AvgIpc) is 2.77. The highest BCUT2D eigenvalue weighted by molar-refractivity contribution is 14.0. The lowest BCUT2D eigenvalue weighted by molar-refractivity contribution is -0.146. The van der Waals surface area contributed by atoms with Gasteiger partial charge in [0, 0.05) is 49.9 Å². The van der Waals surface area contributed by atoms with Gasteiger partial charge >= 0.3 is 5.97 Å². The second kappa shape index (κ2) is 12.5. The van der Waals surface area contributed by atoms with E-state index >= 15 is 0 Å². The van der Waals surface area contributed by atoms with Crippen LogP contribution in [0.15, 0.2) is 29.3 Å². The van der Waals surface area contributed by atoms with Crippen LogP contribution < -0.4 is 10.2 Å². The molecule has 2 aliphatic rings. The zero-order chi connectivity index (χ0) is 19.8. The highest BCUT2D eigenvalue weighted by Crippen LogP contribution is 2.21. The van der Waals surface area contributed by atoms with Gasteiger partial charge in [-0.05, 0) is 37.5 Å². The second-order valence-corrected chi connectivity index (χ2v) is 8.45. The Balaban J connectivity index is 0.00000300. The molecule has 2 saturated heterocycles. The van der Waals surface area contributed by atoms with Crippen LogP contribution in [-0.2, 0) is 16.1 Å². The number of hydrogen-bond acceptors (Lipinski definition) is 5. The van der Waals surface area contributed by atoms with Gasteiger partial charge in [0.2, 0.25) is 0 Å². The maximum Gasteiger partial charge on any atom is 0.308 e. The first kappa shape index (κ1) is 24.1. The molecule has 0 aliphatic carbocycles. The lowest BCUT2D eigenvalue weighted by Gasteiger charge is -2.33. The topological polar surface area (TPSA) is 57.2 Å². The molecule has 0 amide bonds. The monoisotopic (exact) mass is 532 g/mol. The third-order valence-corrected chi connectivity index (χ3v) is 6.33.